The quantitative estimate of drug-likeness (QED) is 0.0272. The average Bonchev–Trinajstić information content (AvgIpc) is 3.24. The van der Waals surface area contributed by atoms with Crippen molar-refractivity contribution in [2.24, 2.45) is 0 Å². The lowest BCUT2D eigenvalue weighted by Gasteiger charge is -2.29. The maximum atomic E-state index is 12.9. The van der Waals surface area contributed by atoms with Crippen LogP contribution in [0.4, 0.5) is 0 Å². The largest absolute Gasteiger partial charge is 0.756 e. The number of unbranched alkanes of at least 4 members (excludes halogenated alkanes) is 29. The molecule has 0 aliphatic rings. The van der Waals surface area contributed by atoms with Crippen molar-refractivity contribution in [1.82, 2.24) is 5.32 Å². The summed E-state index contributed by atoms with van der Waals surface area (Å²) in [5, 5.41) is 13.8. The van der Waals surface area contributed by atoms with Gasteiger partial charge in [-0.2, -0.15) is 0 Å². The molecule has 0 aromatic heterocycles. The smallest absolute Gasteiger partial charge is 0.268 e. The number of hydrogen-bond acceptors (Lipinski definition) is 6. The summed E-state index contributed by atoms with van der Waals surface area (Å²) in [7, 11) is 1.24. The van der Waals surface area contributed by atoms with E-state index < -0.39 is 26.6 Å². The second kappa shape index (κ2) is 45.6. The molecular weight excluding hydrogens is 804 g/mol. The highest BCUT2D eigenvalue weighted by molar-refractivity contribution is 7.45. The Morgan fingerprint density at radius 1 is 0.540 bits per heavy atom. The zero-order valence-electron chi connectivity index (χ0n) is 42.0. The van der Waals surface area contributed by atoms with E-state index in [1.807, 2.05) is 27.2 Å². The molecule has 0 spiro atoms. The van der Waals surface area contributed by atoms with Crippen LogP contribution in [0, 0.1) is 0 Å². The SMILES string of the molecule is CCCCCCCCCC/C=C\CCCCCCCCCCCCCC(=O)NC(COP(=O)([O-])OCC[N+](C)(C)C)C(O)/C=C/CC/C=C/CC/C=C/CCCCCCCCCC. The van der Waals surface area contributed by atoms with Gasteiger partial charge in [-0.1, -0.05) is 210 Å². The number of quaternary nitrogens is 1. The van der Waals surface area contributed by atoms with Gasteiger partial charge in [-0.15, -0.1) is 0 Å². The maximum Gasteiger partial charge on any atom is 0.268 e. The van der Waals surface area contributed by atoms with Gasteiger partial charge in [0.25, 0.3) is 7.82 Å². The number of aliphatic hydroxyl groups excluding tert-OH is 1. The van der Waals surface area contributed by atoms with Gasteiger partial charge in [0.2, 0.25) is 5.91 Å². The molecule has 0 aliphatic carbocycles. The Balaban J connectivity index is 4.33. The third-order valence-corrected chi connectivity index (χ3v) is 12.7. The first-order chi connectivity index (χ1) is 30.5. The monoisotopic (exact) mass is 907 g/mol. The van der Waals surface area contributed by atoms with Crippen LogP contribution < -0.4 is 10.2 Å². The number of phosphoric ester groups is 1. The van der Waals surface area contributed by atoms with Crippen LogP contribution in [0.1, 0.15) is 239 Å². The van der Waals surface area contributed by atoms with Gasteiger partial charge >= 0.3 is 0 Å². The number of nitrogens with zero attached hydrogens (tertiary/aromatic N) is 1. The molecule has 0 aromatic rings. The van der Waals surface area contributed by atoms with Crippen LogP contribution in [0.15, 0.2) is 48.6 Å². The predicted octanol–water partition coefficient (Wildman–Crippen LogP) is 15.0. The lowest BCUT2D eigenvalue weighted by atomic mass is 10.0. The molecule has 8 nitrogen and oxygen atoms in total. The van der Waals surface area contributed by atoms with Gasteiger partial charge in [0.15, 0.2) is 0 Å². The van der Waals surface area contributed by atoms with Gasteiger partial charge in [0.1, 0.15) is 13.2 Å². The minimum absolute atomic E-state index is 0.00951. The number of carbonyl (C=O) groups excluding carboxylic acids is 1. The summed E-state index contributed by atoms with van der Waals surface area (Å²) in [4.78, 5) is 25.4. The lowest BCUT2D eigenvalue weighted by Crippen LogP contribution is -2.45. The van der Waals surface area contributed by atoms with E-state index in [9.17, 15) is 19.4 Å². The van der Waals surface area contributed by atoms with Crippen molar-refractivity contribution >= 4 is 13.7 Å². The van der Waals surface area contributed by atoms with Crippen molar-refractivity contribution in [3.05, 3.63) is 48.6 Å². The summed E-state index contributed by atoms with van der Waals surface area (Å²) >= 11 is 0. The molecule has 0 radical (unpaired) electrons. The van der Waals surface area contributed by atoms with Gasteiger partial charge in [-0.3, -0.25) is 9.36 Å². The number of amides is 1. The number of hydrogen-bond donors (Lipinski definition) is 2. The molecule has 1 amide bonds. The predicted molar refractivity (Wildman–Crippen MR) is 270 cm³/mol. The maximum absolute atomic E-state index is 12.9. The van der Waals surface area contributed by atoms with Crippen LogP contribution in [0.5, 0.6) is 0 Å². The standard InChI is InChI=1S/C54H103N2O6P/c1-6-8-10-12-14-16-18-20-22-24-26-27-28-29-30-32-34-36-38-40-42-44-46-48-54(58)55-52(51-62-63(59,60)61-50-49-56(3,4)5)53(57)47-45-43-41-39-37-35-33-31-25-23-21-19-17-15-13-11-9-7-2/h24-26,31,37,39,45,47,52-53,57H,6-23,27-30,32-36,38,40-44,46,48-51H2,1-5H3,(H-,55,58,59,60)/b26-24-,31-25+,39-37+,47-45+. The molecule has 0 rings (SSSR count). The van der Waals surface area contributed by atoms with Crippen molar-refractivity contribution < 1.29 is 32.9 Å². The van der Waals surface area contributed by atoms with Crippen LogP contribution in [0.3, 0.4) is 0 Å². The van der Waals surface area contributed by atoms with E-state index in [1.54, 1.807) is 6.08 Å². The Kier molecular flexibility index (Phi) is 44.5. The van der Waals surface area contributed by atoms with E-state index >= 15 is 0 Å². The molecular formula is C54H103N2O6P. The first-order valence-electron chi connectivity index (χ1n) is 26.5. The zero-order chi connectivity index (χ0) is 46.4. The Bertz CT molecular complexity index is 1170. The van der Waals surface area contributed by atoms with Crippen LogP contribution in [-0.2, 0) is 18.4 Å². The molecule has 0 saturated carbocycles. The summed E-state index contributed by atoms with van der Waals surface area (Å²) < 4.78 is 23.3. The van der Waals surface area contributed by atoms with E-state index in [-0.39, 0.29) is 12.5 Å². The van der Waals surface area contributed by atoms with E-state index in [1.165, 1.54) is 173 Å². The Hall–Kier alpha value is -1.54. The molecule has 0 aliphatic heterocycles. The molecule has 0 fully saturated rings. The van der Waals surface area contributed by atoms with Gasteiger partial charge < -0.3 is 28.8 Å². The van der Waals surface area contributed by atoms with Gasteiger partial charge in [0, 0.05) is 6.42 Å². The lowest BCUT2D eigenvalue weighted by molar-refractivity contribution is -0.870. The molecule has 3 atom stereocenters. The molecule has 2 N–H and O–H groups in total. The van der Waals surface area contributed by atoms with Crippen molar-refractivity contribution in [1.29, 1.82) is 0 Å². The second-order valence-electron chi connectivity index (χ2n) is 19.2. The van der Waals surface area contributed by atoms with Crippen LogP contribution in [0.2, 0.25) is 0 Å². The summed E-state index contributed by atoms with van der Waals surface area (Å²) in [5.74, 6) is -0.212. The van der Waals surface area contributed by atoms with Gasteiger partial charge in [-0.25, -0.2) is 0 Å². The average molecular weight is 907 g/mol. The number of rotatable bonds is 48. The van der Waals surface area contributed by atoms with Crippen LogP contribution in [0.25, 0.3) is 0 Å². The number of likely N-dealkylation sites (N-methyl/N-ethyl adjacent to an activating group) is 1. The third-order valence-electron chi connectivity index (χ3n) is 11.7. The first-order valence-corrected chi connectivity index (χ1v) is 28.0. The topological polar surface area (TPSA) is 108 Å². The minimum atomic E-state index is -4.61. The van der Waals surface area contributed by atoms with E-state index in [4.69, 9.17) is 9.05 Å². The molecule has 63 heavy (non-hydrogen) atoms. The molecule has 0 aromatic carbocycles. The highest BCUT2D eigenvalue weighted by Crippen LogP contribution is 2.38. The normalized spacial score (nSPS) is 14.5. The summed E-state index contributed by atoms with van der Waals surface area (Å²) in [6.07, 6.45) is 58.9. The van der Waals surface area contributed by atoms with E-state index in [2.05, 4.69) is 55.6 Å². The highest BCUT2D eigenvalue weighted by Gasteiger charge is 2.23. The van der Waals surface area contributed by atoms with Crippen LogP contribution in [-0.4, -0.2) is 68.5 Å². The Morgan fingerprint density at radius 3 is 1.29 bits per heavy atom. The summed E-state index contributed by atoms with van der Waals surface area (Å²) in [6.45, 7) is 4.63. The molecule has 370 valence electrons. The van der Waals surface area contributed by atoms with Crippen molar-refractivity contribution in [3.8, 4) is 0 Å². The summed E-state index contributed by atoms with van der Waals surface area (Å²) in [6, 6.07) is -0.910. The summed E-state index contributed by atoms with van der Waals surface area (Å²) in [5.41, 5.74) is 0. The van der Waals surface area contributed by atoms with Gasteiger partial charge in [-0.05, 0) is 70.6 Å². The molecule has 0 bridgehead atoms. The number of phosphoric acid groups is 1. The fourth-order valence-corrected chi connectivity index (χ4v) is 8.26. The van der Waals surface area contributed by atoms with Crippen molar-refractivity contribution in [2.45, 2.75) is 251 Å². The van der Waals surface area contributed by atoms with E-state index in [0.29, 0.717) is 17.4 Å². The molecule has 0 saturated heterocycles. The first kappa shape index (κ1) is 61.5. The number of nitrogens with one attached hydrogen (secondary N) is 1. The molecule has 9 heteroatoms. The Labute approximate surface area is 390 Å². The number of allylic oxidation sites excluding steroid dienone is 7. The molecule has 0 heterocycles. The number of aliphatic hydroxyl groups is 1. The van der Waals surface area contributed by atoms with Crippen molar-refractivity contribution in [3.63, 3.8) is 0 Å². The number of carbonyl (C=O) groups is 1. The fraction of sp³-hybridized carbons (Fsp3) is 0.833. The Morgan fingerprint density at radius 2 is 0.889 bits per heavy atom. The molecule has 3 unspecified atom stereocenters. The van der Waals surface area contributed by atoms with Crippen LogP contribution >= 0.6 is 7.82 Å². The zero-order valence-corrected chi connectivity index (χ0v) is 42.9. The van der Waals surface area contributed by atoms with E-state index in [0.717, 1.165) is 44.9 Å². The minimum Gasteiger partial charge on any atom is -0.756 e. The highest BCUT2D eigenvalue weighted by atomic mass is 31.2. The third kappa shape index (κ3) is 48.2. The fourth-order valence-electron chi connectivity index (χ4n) is 7.53. The van der Waals surface area contributed by atoms with Gasteiger partial charge in [0.05, 0.1) is 39.9 Å². The van der Waals surface area contributed by atoms with Crippen molar-refractivity contribution in [2.75, 3.05) is 40.9 Å². The second-order valence-corrected chi connectivity index (χ2v) is 20.6.